The van der Waals surface area contributed by atoms with Crippen LogP contribution < -0.4 is 0 Å². The van der Waals surface area contributed by atoms with Gasteiger partial charge in [-0.2, -0.15) is 13.2 Å². The summed E-state index contributed by atoms with van der Waals surface area (Å²) >= 11 is 0. The highest BCUT2D eigenvalue weighted by Crippen LogP contribution is 2.37. The first-order chi connectivity index (χ1) is 7.64. The van der Waals surface area contributed by atoms with E-state index >= 15 is 0 Å². The average Bonchev–Trinajstić information content (AvgIpc) is 2.13. The second-order valence-electron chi connectivity index (χ2n) is 3.20. The summed E-state index contributed by atoms with van der Waals surface area (Å²) in [5, 5.41) is 19.8. The molecule has 0 bridgehead atoms. The molecule has 1 aromatic rings. The van der Waals surface area contributed by atoms with Gasteiger partial charge in [-0.05, 0) is 13.0 Å². The molecule has 17 heavy (non-hydrogen) atoms. The van der Waals surface area contributed by atoms with E-state index in [-0.39, 0.29) is 12.1 Å². The fourth-order valence-electron chi connectivity index (χ4n) is 1.28. The third-order valence-corrected chi connectivity index (χ3v) is 1.97. The smallest absolute Gasteiger partial charge is 0.416 e. The van der Waals surface area contributed by atoms with E-state index in [1.165, 1.54) is 0 Å². The number of nitro benzene ring substituents is 1. The molecule has 0 unspecified atom stereocenters. The number of aromatic hydroxyl groups is 1. The van der Waals surface area contributed by atoms with E-state index in [0.717, 1.165) is 6.92 Å². The number of phenols is 1. The predicted molar refractivity (Wildman–Crippen MR) is 49.8 cm³/mol. The van der Waals surface area contributed by atoms with E-state index in [9.17, 15) is 33.2 Å². The minimum absolute atomic E-state index is 0.219. The standard InChI is InChI=1S/C9H6F3NO4/c1-4(14)8-6(13(16)17)2-5(3-7(8)15)9(10,11)12/h2-3,15H,1H3. The van der Waals surface area contributed by atoms with E-state index in [1.54, 1.807) is 0 Å². The van der Waals surface area contributed by atoms with Crippen LogP contribution >= 0.6 is 0 Å². The summed E-state index contributed by atoms with van der Waals surface area (Å²) in [7, 11) is 0. The molecule has 0 saturated heterocycles. The zero-order chi connectivity index (χ0) is 13.4. The fourth-order valence-corrected chi connectivity index (χ4v) is 1.28. The molecule has 1 rings (SSSR count). The van der Waals surface area contributed by atoms with Crippen molar-refractivity contribution in [2.45, 2.75) is 13.1 Å². The van der Waals surface area contributed by atoms with Crippen LogP contribution in [0.5, 0.6) is 5.75 Å². The second kappa shape index (κ2) is 4.04. The summed E-state index contributed by atoms with van der Waals surface area (Å²) in [5.41, 5.74) is -3.18. The molecule has 8 heteroatoms. The number of carbonyl (C=O) groups is 1. The van der Waals surface area contributed by atoms with E-state index in [4.69, 9.17) is 0 Å². The zero-order valence-electron chi connectivity index (χ0n) is 8.41. The van der Waals surface area contributed by atoms with Crippen molar-refractivity contribution in [3.63, 3.8) is 0 Å². The lowest BCUT2D eigenvalue weighted by Gasteiger charge is -2.09. The van der Waals surface area contributed by atoms with E-state index < -0.39 is 39.4 Å². The lowest BCUT2D eigenvalue weighted by atomic mass is 10.0. The molecule has 0 amide bonds. The van der Waals surface area contributed by atoms with Crippen molar-refractivity contribution in [2.75, 3.05) is 0 Å². The molecule has 0 radical (unpaired) electrons. The van der Waals surface area contributed by atoms with Gasteiger partial charge in [-0.3, -0.25) is 14.9 Å². The summed E-state index contributed by atoms with van der Waals surface area (Å²) in [6.07, 6.45) is -4.84. The summed E-state index contributed by atoms with van der Waals surface area (Å²) in [6, 6.07) is 0.500. The monoisotopic (exact) mass is 249 g/mol. The molecule has 0 saturated carbocycles. The number of hydrogen-bond acceptors (Lipinski definition) is 4. The Morgan fingerprint density at radius 2 is 1.94 bits per heavy atom. The van der Waals surface area contributed by atoms with Gasteiger partial charge in [0.2, 0.25) is 0 Å². The molecular weight excluding hydrogens is 243 g/mol. The molecule has 0 aromatic heterocycles. The van der Waals surface area contributed by atoms with Crippen molar-refractivity contribution in [1.82, 2.24) is 0 Å². The van der Waals surface area contributed by atoms with Gasteiger partial charge in [-0.25, -0.2) is 0 Å². The van der Waals surface area contributed by atoms with Crippen LogP contribution in [-0.4, -0.2) is 15.8 Å². The van der Waals surface area contributed by atoms with Crippen molar-refractivity contribution in [2.24, 2.45) is 0 Å². The lowest BCUT2D eigenvalue weighted by Crippen LogP contribution is -2.08. The molecule has 0 heterocycles. The summed E-state index contributed by atoms with van der Waals surface area (Å²) < 4.78 is 37.0. The van der Waals surface area contributed by atoms with Gasteiger partial charge >= 0.3 is 6.18 Å². The topological polar surface area (TPSA) is 80.4 Å². The third-order valence-electron chi connectivity index (χ3n) is 1.97. The Kier molecular flexibility index (Phi) is 3.08. The van der Waals surface area contributed by atoms with E-state index in [2.05, 4.69) is 0 Å². The number of alkyl halides is 3. The molecule has 1 aromatic carbocycles. The Balaban J connectivity index is 3.58. The maximum Gasteiger partial charge on any atom is 0.416 e. The van der Waals surface area contributed by atoms with Crippen LogP contribution in [0.1, 0.15) is 22.8 Å². The van der Waals surface area contributed by atoms with Crippen LogP contribution in [0, 0.1) is 10.1 Å². The first-order valence-electron chi connectivity index (χ1n) is 4.24. The zero-order valence-corrected chi connectivity index (χ0v) is 8.41. The van der Waals surface area contributed by atoms with Gasteiger partial charge in [0.15, 0.2) is 5.78 Å². The molecule has 0 aliphatic heterocycles. The maximum atomic E-state index is 12.3. The van der Waals surface area contributed by atoms with Gasteiger partial charge in [0.1, 0.15) is 11.3 Å². The highest BCUT2D eigenvalue weighted by Gasteiger charge is 2.35. The van der Waals surface area contributed by atoms with Crippen LogP contribution in [0.4, 0.5) is 18.9 Å². The van der Waals surface area contributed by atoms with Gasteiger partial charge in [-0.15, -0.1) is 0 Å². The molecule has 0 fully saturated rings. The molecular formula is C9H6F3NO4. The normalized spacial score (nSPS) is 11.3. The van der Waals surface area contributed by atoms with E-state index in [0.29, 0.717) is 0 Å². The fraction of sp³-hybridized carbons (Fsp3) is 0.222. The Bertz CT molecular complexity index is 496. The summed E-state index contributed by atoms with van der Waals surface area (Å²) in [6.45, 7) is 0.912. The number of halogens is 3. The second-order valence-corrected chi connectivity index (χ2v) is 3.20. The third kappa shape index (κ3) is 2.52. The molecule has 0 spiro atoms. The van der Waals surface area contributed by atoms with Crippen molar-refractivity contribution >= 4 is 11.5 Å². The Labute approximate surface area is 92.6 Å². The van der Waals surface area contributed by atoms with Crippen molar-refractivity contribution in [3.05, 3.63) is 33.4 Å². The minimum atomic E-state index is -4.84. The Morgan fingerprint density at radius 1 is 1.41 bits per heavy atom. The number of carbonyl (C=O) groups excluding carboxylic acids is 1. The highest BCUT2D eigenvalue weighted by molar-refractivity contribution is 6.00. The number of nitrogens with zero attached hydrogens (tertiary/aromatic N) is 1. The van der Waals surface area contributed by atoms with Crippen LogP contribution in [0.25, 0.3) is 0 Å². The lowest BCUT2D eigenvalue weighted by molar-refractivity contribution is -0.385. The maximum absolute atomic E-state index is 12.3. The largest absolute Gasteiger partial charge is 0.507 e. The number of nitro groups is 1. The number of hydrogen-bond donors (Lipinski definition) is 1. The Hall–Kier alpha value is -2.12. The summed E-state index contributed by atoms with van der Waals surface area (Å²) in [4.78, 5) is 20.4. The molecule has 1 N–H and O–H groups in total. The SMILES string of the molecule is CC(=O)c1c(O)cc(C(F)(F)F)cc1[N+](=O)[O-]. The van der Waals surface area contributed by atoms with Crippen molar-refractivity contribution in [3.8, 4) is 5.75 Å². The number of Topliss-reactive ketones (excluding diaryl/α,β-unsaturated/α-hetero) is 1. The van der Waals surface area contributed by atoms with Crippen LogP contribution in [0.2, 0.25) is 0 Å². The first kappa shape index (κ1) is 12.9. The molecule has 0 aliphatic carbocycles. The quantitative estimate of drug-likeness (QED) is 0.496. The van der Waals surface area contributed by atoms with Crippen LogP contribution in [-0.2, 0) is 6.18 Å². The number of ketones is 1. The molecule has 0 atom stereocenters. The van der Waals surface area contributed by atoms with Crippen molar-refractivity contribution < 1.29 is 28.0 Å². The van der Waals surface area contributed by atoms with Gasteiger partial charge in [0.25, 0.3) is 5.69 Å². The van der Waals surface area contributed by atoms with E-state index in [1.807, 2.05) is 0 Å². The molecule has 5 nitrogen and oxygen atoms in total. The number of phenolic OH excluding ortho intramolecular Hbond substituents is 1. The van der Waals surface area contributed by atoms with Gasteiger partial charge in [-0.1, -0.05) is 0 Å². The average molecular weight is 249 g/mol. The predicted octanol–water partition coefficient (Wildman–Crippen LogP) is 2.52. The van der Waals surface area contributed by atoms with Crippen LogP contribution in [0.15, 0.2) is 12.1 Å². The van der Waals surface area contributed by atoms with Gasteiger partial charge in [0, 0.05) is 6.07 Å². The van der Waals surface area contributed by atoms with Gasteiger partial charge in [0.05, 0.1) is 10.5 Å². The molecule has 92 valence electrons. The minimum Gasteiger partial charge on any atom is -0.507 e. The molecule has 0 aliphatic rings. The summed E-state index contributed by atoms with van der Waals surface area (Å²) in [5.74, 6) is -1.94. The van der Waals surface area contributed by atoms with Crippen LogP contribution in [0.3, 0.4) is 0 Å². The first-order valence-corrected chi connectivity index (χ1v) is 4.24. The number of rotatable bonds is 2. The van der Waals surface area contributed by atoms with Gasteiger partial charge < -0.3 is 5.11 Å². The number of benzene rings is 1. The van der Waals surface area contributed by atoms with Crippen molar-refractivity contribution in [1.29, 1.82) is 0 Å². The highest BCUT2D eigenvalue weighted by atomic mass is 19.4. The Morgan fingerprint density at radius 3 is 2.29 bits per heavy atom.